The molecule has 17 heavy (non-hydrogen) atoms. The summed E-state index contributed by atoms with van der Waals surface area (Å²) in [6.45, 7) is 3.60. The van der Waals surface area contributed by atoms with Crippen molar-refractivity contribution in [1.82, 2.24) is 0 Å². The Bertz CT molecular complexity index is 503. The van der Waals surface area contributed by atoms with Gasteiger partial charge < -0.3 is 5.73 Å². The van der Waals surface area contributed by atoms with E-state index in [1.54, 1.807) is 6.92 Å². The molecular weight excluding hydrogens is 309 g/mol. The second-order valence-corrected chi connectivity index (χ2v) is 4.59. The molecule has 0 bridgehead atoms. The van der Waals surface area contributed by atoms with Gasteiger partial charge in [-0.25, -0.2) is 4.99 Å². The standard InChI is InChI=1S/C10H11BrClN3O2/c1-5-6(2)10(14-9(13)4-12)8(15(16)17)3-7(5)11/h3H,4H2,1-2H3,(H2,13,14). The molecule has 0 radical (unpaired) electrons. The number of hydrogen-bond donors (Lipinski definition) is 1. The first-order valence-electron chi connectivity index (χ1n) is 4.71. The Morgan fingerprint density at radius 1 is 1.59 bits per heavy atom. The number of alkyl halides is 1. The van der Waals surface area contributed by atoms with Crippen molar-refractivity contribution >= 4 is 44.7 Å². The maximum absolute atomic E-state index is 10.9. The highest BCUT2D eigenvalue weighted by Gasteiger charge is 2.19. The van der Waals surface area contributed by atoms with Crippen LogP contribution in [0.5, 0.6) is 0 Å². The van der Waals surface area contributed by atoms with E-state index in [0.29, 0.717) is 10.0 Å². The molecule has 0 aromatic heterocycles. The Morgan fingerprint density at radius 3 is 2.65 bits per heavy atom. The number of hydrogen-bond acceptors (Lipinski definition) is 3. The molecule has 0 aliphatic rings. The molecule has 1 aromatic rings. The molecule has 7 heteroatoms. The topological polar surface area (TPSA) is 81.5 Å². The summed E-state index contributed by atoms with van der Waals surface area (Å²) in [5, 5.41) is 10.9. The zero-order chi connectivity index (χ0) is 13.2. The van der Waals surface area contributed by atoms with E-state index in [1.807, 2.05) is 6.92 Å². The summed E-state index contributed by atoms with van der Waals surface area (Å²) in [6, 6.07) is 1.42. The molecule has 0 aliphatic heterocycles. The molecule has 0 amide bonds. The average molecular weight is 321 g/mol. The quantitative estimate of drug-likeness (QED) is 0.305. The predicted molar refractivity (Wildman–Crippen MR) is 72.3 cm³/mol. The van der Waals surface area contributed by atoms with E-state index in [4.69, 9.17) is 17.3 Å². The Labute approximate surface area is 112 Å². The Morgan fingerprint density at radius 2 is 2.18 bits per heavy atom. The average Bonchev–Trinajstić information content (AvgIpc) is 2.28. The first kappa shape index (κ1) is 13.9. The maximum atomic E-state index is 10.9. The molecule has 92 valence electrons. The van der Waals surface area contributed by atoms with E-state index in [-0.39, 0.29) is 23.1 Å². The Balaban J connectivity index is 3.55. The van der Waals surface area contributed by atoms with Crippen LogP contribution in [0.2, 0.25) is 0 Å². The van der Waals surface area contributed by atoms with Crippen molar-refractivity contribution in [3.8, 4) is 0 Å². The third-order valence-electron chi connectivity index (χ3n) is 2.37. The second-order valence-electron chi connectivity index (χ2n) is 3.47. The van der Waals surface area contributed by atoms with Gasteiger partial charge in [-0.15, -0.1) is 11.6 Å². The number of rotatable bonds is 3. The van der Waals surface area contributed by atoms with Gasteiger partial charge in [0.2, 0.25) is 0 Å². The summed E-state index contributed by atoms with van der Waals surface area (Å²) in [5.74, 6) is 0.186. The van der Waals surface area contributed by atoms with Crippen molar-refractivity contribution in [3.63, 3.8) is 0 Å². The highest BCUT2D eigenvalue weighted by Crippen LogP contribution is 2.37. The molecule has 0 unspecified atom stereocenters. The summed E-state index contributed by atoms with van der Waals surface area (Å²) >= 11 is 8.79. The van der Waals surface area contributed by atoms with Crippen molar-refractivity contribution in [2.24, 2.45) is 10.7 Å². The first-order chi connectivity index (χ1) is 7.88. The molecule has 1 aromatic carbocycles. The lowest BCUT2D eigenvalue weighted by molar-refractivity contribution is -0.384. The van der Waals surface area contributed by atoms with Crippen LogP contribution in [0.1, 0.15) is 11.1 Å². The first-order valence-corrected chi connectivity index (χ1v) is 6.04. The van der Waals surface area contributed by atoms with Crippen LogP contribution in [0, 0.1) is 24.0 Å². The lowest BCUT2D eigenvalue weighted by Crippen LogP contribution is -2.12. The molecule has 0 saturated carbocycles. The zero-order valence-corrected chi connectivity index (χ0v) is 11.7. The van der Waals surface area contributed by atoms with Crippen LogP contribution in [-0.2, 0) is 0 Å². The number of amidine groups is 1. The van der Waals surface area contributed by atoms with E-state index in [9.17, 15) is 10.1 Å². The van der Waals surface area contributed by atoms with Crippen LogP contribution in [0.15, 0.2) is 15.5 Å². The molecule has 0 atom stereocenters. The number of halogens is 2. The highest BCUT2D eigenvalue weighted by atomic mass is 79.9. The van der Waals surface area contributed by atoms with Crippen molar-refractivity contribution in [1.29, 1.82) is 0 Å². The summed E-state index contributed by atoms with van der Waals surface area (Å²) < 4.78 is 0.671. The summed E-state index contributed by atoms with van der Waals surface area (Å²) in [5.41, 5.74) is 7.28. The van der Waals surface area contributed by atoms with Gasteiger partial charge in [0, 0.05) is 10.5 Å². The molecule has 0 fully saturated rings. The van der Waals surface area contributed by atoms with Crippen molar-refractivity contribution < 1.29 is 4.92 Å². The number of nitrogens with zero attached hydrogens (tertiary/aromatic N) is 2. The van der Waals surface area contributed by atoms with Crippen LogP contribution < -0.4 is 5.73 Å². The van der Waals surface area contributed by atoms with Gasteiger partial charge in [0.15, 0.2) is 0 Å². The van der Waals surface area contributed by atoms with Gasteiger partial charge in [0.25, 0.3) is 5.69 Å². The minimum Gasteiger partial charge on any atom is -0.386 e. The van der Waals surface area contributed by atoms with Gasteiger partial charge >= 0.3 is 0 Å². The number of benzene rings is 1. The van der Waals surface area contributed by atoms with E-state index >= 15 is 0 Å². The number of nitrogens with two attached hydrogens (primary N) is 1. The molecule has 0 aliphatic carbocycles. The maximum Gasteiger partial charge on any atom is 0.296 e. The largest absolute Gasteiger partial charge is 0.386 e. The highest BCUT2D eigenvalue weighted by molar-refractivity contribution is 9.10. The second kappa shape index (κ2) is 5.46. The third kappa shape index (κ3) is 2.95. The Hall–Kier alpha value is -1.14. The molecule has 2 N–H and O–H groups in total. The minimum atomic E-state index is -0.489. The summed E-state index contributed by atoms with van der Waals surface area (Å²) in [6.07, 6.45) is 0. The van der Waals surface area contributed by atoms with Crippen molar-refractivity contribution in [2.75, 3.05) is 5.88 Å². The van der Waals surface area contributed by atoms with Crippen LogP contribution >= 0.6 is 27.5 Å². The molecular formula is C10H11BrClN3O2. The molecule has 0 heterocycles. The minimum absolute atomic E-state index is 0.0334. The number of aliphatic imine (C=N–C) groups is 1. The molecule has 1 rings (SSSR count). The van der Waals surface area contributed by atoms with Gasteiger partial charge in [-0.2, -0.15) is 0 Å². The fraction of sp³-hybridized carbons (Fsp3) is 0.300. The summed E-state index contributed by atoms with van der Waals surface area (Å²) in [4.78, 5) is 14.5. The lowest BCUT2D eigenvalue weighted by atomic mass is 10.1. The van der Waals surface area contributed by atoms with E-state index in [1.165, 1.54) is 6.07 Å². The van der Waals surface area contributed by atoms with Gasteiger partial charge in [-0.1, -0.05) is 15.9 Å². The molecule has 0 spiro atoms. The monoisotopic (exact) mass is 319 g/mol. The van der Waals surface area contributed by atoms with Crippen LogP contribution in [0.4, 0.5) is 11.4 Å². The van der Waals surface area contributed by atoms with Crippen molar-refractivity contribution in [2.45, 2.75) is 13.8 Å². The third-order valence-corrected chi connectivity index (χ3v) is 3.47. The van der Waals surface area contributed by atoms with Crippen LogP contribution in [0.25, 0.3) is 0 Å². The number of nitro groups is 1. The fourth-order valence-corrected chi connectivity index (χ4v) is 1.87. The van der Waals surface area contributed by atoms with Gasteiger partial charge in [0.1, 0.15) is 11.5 Å². The van der Waals surface area contributed by atoms with Gasteiger partial charge in [-0.3, -0.25) is 10.1 Å². The van der Waals surface area contributed by atoms with E-state index in [2.05, 4.69) is 20.9 Å². The van der Waals surface area contributed by atoms with Crippen LogP contribution in [-0.4, -0.2) is 16.6 Å². The Kier molecular flexibility index (Phi) is 4.47. The lowest BCUT2D eigenvalue weighted by Gasteiger charge is -2.08. The van der Waals surface area contributed by atoms with Crippen molar-refractivity contribution in [3.05, 3.63) is 31.8 Å². The molecule has 5 nitrogen and oxygen atoms in total. The smallest absolute Gasteiger partial charge is 0.296 e. The van der Waals surface area contributed by atoms with E-state index < -0.39 is 4.92 Å². The van der Waals surface area contributed by atoms with Gasteiger partial charge in [-0.05, 0) is 25.0 Å². The van der Waals surface area contributed by atoms with Crippen LogP contribution in [0.3, 0.4) is 0 Å². The fourth-order valence-electron chi connectivity index (χ4n) is 1.30. The van der Waals surface area contributed by atoms with E-state index in [0.717, 1.165) is 5.56 Å². The van der Waals surface area contributed by atoms with Gasteiger partial charge in [0.05, 0.1) is 10.8 Å². The normalized spacial score (nSPS) is 11.6. The SMILES string of the molecule is Cc1c(Br)cc([N+](=O)[O-])c(N=C(N)CCl)c1C. The number of nitro benzene ring substituents is 1. The predicted octanol–water partition coefficient (Wildman–Crippen LogP) is 3.20. The zero-order valence-electron chi connectivity index (χ0n) is 9.33. The summed E-state index contributed by atoms with van der Waals surface area (Å²) in [7, 11) is 0. The molecule has 0 saturated heterocycles.